The van der Waals surface area contributed by atoms with Gasteiger partial charge in [0.15, 0.2) is 0 Å². The quantitative estimate of drug-likeness (QED) is 0.826. The Morgan fingerprint density at radius 1 is 1.15 bits per heavy atom. The van der Waals surface area contributed by atoms with Crippen LogP contribution in [0.1, 0.15) is 21.6 Å². The topological polar surface area (TPSA) is 79.4 Å². The van der Waals surface area contributed by atoms with Gasteiger partial charge in [-0.15, -0.1) is 0 Å². The molecular weight excluding hydrogens is 330 g/mol. The van der Waals surface area contributed by atoms with Gasteiger partial charge in [-0.1, -0.05) is 6.07 Å². The van der Waals surface area contributed by atoms with Crippen LogP contribution in [-0.2, 0) is 4.74 Å². The number of ether oxygens (including phenoxy) is 1. The van der Waals surface area contributed by atoms with Gasteiger partial charge >= 0.3 is 0 Å². The predicted molar refractivity (Wildman–Crippen MR) is 102 cm³/mol. The first-order valence-corrected chi connectivity index (χ1v) is 8.86. The fourth-order valence-electron chi connectivity index (χ4n) is 2.72. The highest BCUT2D eigenvalue weighted by Gasteiger charge is 2.11. The van der Waals surface area contributed by atoms with Gasteiger partial charge in [-0.2, -0.15) is 0 Å². The second-order valence-corrected chi connectivity index (χ2v) is 6.42. The van der Waals surface area contributed by atoms with Gasteiger partial charge in [0.05, 0.1) is 25.6 Å². The van der Waals surface area contributed by atoms with Gasteiger partial charge in [-0.05, 0) is 37.1 Å². The molecule has 2 N–H and O–H groups in total. The van der Waals surface area contributed by atoms with Crippen molar-refractivity contribution in [3.8, 4) is 0 Å². The molecule has 26 heavy (non-hydrogen) atoms. The fourth-order valence-corrected chi connectivity index (χ4v) is 2.72. The van der Waals surface area contributed by atoms with Gasteiger partial charge in [-0.3, -0.25) is 9.69 Å². The molecule has 1 aromatic heterocycles. The molecule has 1 aliphatic rings. The molecule has 0 unspecified atom stereocenters. The monoisotopic (exact) mass is 355 g/mol. The number of benzene rings is 1. The highest BCUT2D eigenvalue weighted by atomic mass is 16.5. The number of aromatic nitrogens is 2. The van der Waals surface area contributed by atoms with E-state index >= 15 is 0 Å². The number of anilines is 2. The van der Waals surface area contributed by atoms with Crippen LogP contribution in [-0.4, -0.2) is 60.2 Å². The Labute approximate surface area is 153 Å². The summed E-state index contributed by atoms with van der Waals surface area (Å²) in [5.41, 5.74) is 3.37. The number of carbonyl (C=O) groups is 1. The Morgan fingerprint density at radius 2 is 1.96 bits per heavy atom. The van der Waals surface area contributed by atoms with Crippen molar-refractivity contribution in [3.05, 3.63) is 47.4 Å². The summed E-state index contributed by atoms with van der Waals surface area (Å²) in [6.45, 7) is 9.28. The molecule has 2 aromatic rings. The first-order chi connectivity index (χ1) is 12.6. The van der Waals surface area contributed by atoms with Crippen LogP contribution in [0, 0.1) is 13.8 Å². The Morgan fingerprint density at radius 3 is 2.65 bits per heavy atom. The number of amides is 1. The van der Waals surface area contributed by atoms with Crippen LogP contribution in [0.2, 0.25) is 0 Å². The van der Waals surface area contributed by atoms with Gasteiger partial charge in [0.1, 0.15) is 11.5 Å². The van der Waals surface area contributed by atoms with Crippen LogP contribution in [0.3, 0.4) is 0 Å². The molecule has 138 valence electrons. The van der Waals surface area contributed by atoms with Crippen molar-refractivity contribution < 1.29 is 9.53 Å². The molecule has 0 saturated carbocycles. The first kappa shape index (κ1) is 18.3. The van der Waals surface area contributed by atoms with Crippen molar-refractivity contribution >= 4 is 17.4 Å². The maximum Gasteiger partial charge on any atom is 0.275 e. The van der Waals surface area contributed by atoms with E-state index in [4.69, 9.17) is 4.74 Å². The predicted octanol–water partition coefficient (Wildman–Crippen LogP) is 2.09. The third-order valence-corrected chi connectivity index (χ3v) is 4.49. The minimum atomic E-state index is -0.263. The van der Waals surface area contributed by atoms with Crippen LogP contribution in [0.15, 0.2) is 30.6 Å². The van der Waals surface area contributed by atoms with Crippen LogP contribution in [0.5, 0.6) is 0 Å². The average Bonchev–Trinajstić information content (AvgIpc) is 2.66. The second-order valence-electron chi connectivity index (χ2n) is 6.42. The van der Waals surface area contributed by atoms with Crippen molar-refractivity contribution in [2.75, 3.05) is 50.0 Å². The van der Waals surface area contributed by atoms with Crippen LogP contribution < -0.4 is 10.6 Å². The number of rotatable bonds is 6. The summed E-state index contributed by atoms with van der Waals surface area (Å²) in [4.78, 5) is 23.1. The lowest BCUT2D eigenvalue weighted by Crippen LogP contribution is -2.39. The molecule has 2 heterocycles. The van der Waals surface area contributed by atoms with Gasteiger partial charge in [-0.25, -0.2) is 9.97 Å². The van der Waals surface area contributed by atoms with Gasteiger partial charge in [0.2, 0.25) is 0 Å². The number of nitrogens with zero attached hydrogens (tertiary/aromatic N) is 3. The first-order valence-electron chi connectivity index (χ1n) is 8.86. The van der Waals surface area contributed by atoms with E-state index in [1.807, 2.05) is 32.0 Å². The van der Waals surface area contributed by atoms with E-state index in [0.29, 0.717) is 11.5 Å². The molecule has 1 aromatic carbocycles. The second kappa shape index (κ2) is 8.73. The number of carbonyl (C=O) groups excluding carboxylic acids is 1. The normalized spacial score (nSPS) is 14.8. The fraction of sp³-hybridized carbons (Fsp3) is 0.421. The Bertz CT molecular complexity index is 742. The third kappa shape index (κ3) is 5.00. The van der Waals surface area contributed by atoms with E-state index in [2.05, 4.69) is 25.5 Å². The van der Waals surface area contributed by atoms with E-state index in [-0.39, 0.29) is 5.91 Å². The number of nitrogens with one attached hydrogen (secondary N) is 2. The van der Waals surface area contributed by atoms with E-state index in [0.717, 1.165) is 50.6 Å². The summed E-state index contributed by atoms with van der Waals surface area (Å²) in [7, 11) is 0. The van der Waals surface area contributed by atoms with E-state index in [9.17, 15) is 4.79 Å². The minimum absolute atomic E-state index is 0.263. The zero-order chi connectivity index (χ0) is 18.4. The number of hydrogen-bond acceptors (Lipinski definition) is 6. The van der Waals surface area contributed by atoms with Crippen LogP contribution in [0.25, 0.3) is 0 Å². The standard InChI is InChI=1S/C19H25N5O2/c1-14-3-4-16(11-15(14)2)23-19(25)17-12-22-18(13-21-17)20-5-6-24-7-9-26-10-8-24/h3-4,11-13H,5-10H2,1-2H3,(H,20,22)(H,23,25). The molecule has 0 radical (unpaired) electrons. The van der Waals surface area contributed by atoms with E-state index in [1.54, 1.807) is 6.20 Å². The Hall–Kier alpha value is -2.51. The summed E-state index contributed by atoms with van der Waals surface area (Å²) in [5.74, 6) is 0.404. The van der Waals surface area contributed by atoms with Gasteiger partial charge in [0.25, 0.3) is 5.91 Å². The SMILES string of the molecule is Cc1ccc(NC(=O)c2cnc(NCCN3CCOCC3)cn2)cc1C. The maximum atomic E-state index is 12.3. The van der Waals surface area contributed by atoms with Gasteiger partial charge < -0.3 is 15.4 Å². The maximum absolute atomic E-state index is 12.3. The molecule has 7 heteroatoms. The van der Waals surface area contributed by atoms with Crippen molar-refractivity contribution in [2.24, 2.45) is 0 Å². The third-order valence-electron chi connectivity index (χ3n) is 4.49. The average molecular weight is 355 g/mol. The summed E-state index contributed by atoms with van der Waals surface area (Å²) in [6.07, 6.45) is 3.09. The Balaban J connectivity index is 1.49. The van der Waals surface area contributed by atoms with E-state index in [1.165, 1.54) is 11.8 Å². The molecule has 0 atom stereocenters. The molecular formula is C19H25N5O2. The summed E-state index contributed by atoms with van der Waals surface area (Å²) >= 11 is 0. The number of morpholine rings is 1. The smallest absolute Gasteiger partial charge is 0.275 e. The molecule has 0 bridgehead atoms. The number of hydrogen-bond donors (Lipinski definition) is 2. The molecule has 0 spiro atoms. The van der Waals surface area contributed by atoms with Gasteiger partial charge in [0, 0.05) is 31.9 Å². The summed E-state index contributed by atoms with van der Waals surface area (Å²) in [5, 5.41) is 6.09. The molecule has 0 aliphatic carbocycles. The molecule has 1 amide bonds. The van der Waals surface area contributed by atoms with Crippen molar-refractivity contribution in [2.45, 2.75) is 13.8 Å². The zero-order valence-electron chi connectivity index (χ0n) is 15.3. The van der Waals surface area contributed by atoms with E-state index < -0.39 is 0 Å². The lowest BCUT2D eigenvalue weighted by molar-refractivity contribution is 0.0398. The zero-order valence-corrected chi connectivity index (χ0v) is 15.3. The molecule has 7 nitrogen and oxygen atoms in total. The van der Waals surface area contributed by atoms with Crippen LogP contribution >= 0.6 is 0 Å². The lowest BCUT2D eigenvalue weighted by Gasteiger charge is -2.26. The minimum Gasteiger partial charge on any atom is -0.379 e. The van der Waals surface area contributed by atoms with Crippen LogP contribution in [0.4, 0.5) is 11.5 Å². The van der Waals surface area contributed by atoms with Crippen molar-refractivity contribution in [1.29, 1.82) is 0 Å². The largest absolute Gasteiger partial charge is 0.379 e. The number of aryl methyl sites for hydroxylation is 2. The Kier molecular flexibility index (Phi) is 6.14. The lowest BCUT2D eigenvalue weighted by atomic mass is 10.1. The van der Waals surface area contributed by atoms with Crippen molar-refractivity contribution in [3.63, 3.8) is 0 Å². The molecule has 3 rings (SSSR count). The molecule has 1 fully saturated rings. The van der Waals surface area contributed by atoms with Crippen molar-refractivity contribution in [1.82, 2.24) is 14.9 Å². The molecule has 1 aliphatic heterocycles. The highest BCUT2D eigenvalue weighted by molar-refractivity contribution is 6.02. The summed E-state index contributed by atoms with van der Waals surface area (Å²) in [6, 6.07) is 5.82. The molecule has 1 saturated heterocycles. The highest BCUT2D eigenvalue weighted by Crippen LogP contribution is 2.15. The summed E-state index contributed by atoms with van der Waals surface area (Å²) < 4.78 is 5.33.